The summed E-state index contributed by atoms with van der Waals surface area (Å²) >= 11 is 0. The Bertz CT molecular complexity index is 291. The fourth-order valence-electron chi connectivity index (χ4n) is 2.34. The number of amides is 1. The predicted molar refractivity (Wildman–Crippen MR) is 87.5 cm³/mol. The molecule has 0 saturated carbocycles. The number of unbranched alkanes of at least 4 members (excludes halogenated alkanes) is 9. The zero-order chi connectivity index (χ0) is 15.9. The molecular weight excluding hydrogens is 289 g/mol. The zero-order valence-electron chi connectivity index (χ0n) is 15.9. The summed E-state index contributed by atoms with van der Waals surface area (Å²) in [4.78, 5) is 23.7. The van der Waals surface area contributed by atoms with Crippen LogP contribution in [0.5, 0.6) is 0 Å². The minimum Gasteiger partial charge on any atom is -1.00 e. The molecule has 0 aliphatic carbocycles. The smallest absolute Gasteiger partial charge is 1.00 e. The Morgan fingerprint density at radius 1 is 0.864 bits per heavy atom. The molecular formula is C17H34NNaO3. The van der Waals surface area contributed by atoms with Crippen molar-refractivity contribution in [3.63, 3.8) is 0 Å². The van der Waals surface area contributed by atoms with Crippen molar-refractivity contribution in [1.82, 2.24) is 4.90 Å². The van der Waals surface area contributed by atoms with Gasteiger partial charge in [0.05, 0.1) is 6.42 Å². The molecule has 0 atom stereocenters. The number of carbonyl (C=O) groups is 2. The fraction of sp³-hybridized carbons (Fsp3) is 0.882. The molecule has 22 heavy (non-hydrogen) atoms. The van der Waals surface area contributed by atoms with Crippen molar-refractivity contribution in [3.8, 4) is 0 Å². The topological polar surface area (TPSA) is 57.6 Å². The van der Waals surface area contributed by atoms with Gasteiger partial charge in [0.25, 0.3) is 0 Å². The Balaban J connectivity index is -0.00000200. The second-order valence-corrected chi connectivity index (χ2v) is 5.89. The van der Waals surface area contributed by atoms with Crippen molar-refractivity contribution in [1.29, 1.82) is 0 Å². The van der Waals surface area contributed by atoms with Crippen molar-refractivity contribution < 1.29 is 45.7 Å². The van der Waals surface area contributed by atoms with E-state index in [9.17, 15) is 9.59 Å². The van der Waals surface area contributed by atoms with Crippen LogP contribution in [-0.2, 0) is 9.59 Å². The first-order chi connectivity index (χ1) is 10.1. The largest absolute Gasteiger partial charge is 1.00 e. The Hall–Kier alpha value is -0.0600. The zero-order valence-corrected chi connectivity index (χ0v) is 16.9. The fourth-order valence-corrected chi connectivity index (χ4v) is 2.34. The van der Waals surface area contributed by atoms with Gasteiger partial charge in [-0.1, -0.05) is 64.7 Å². The van der Waals surface area contributed by atoms with Crippen LogP contribution < -0.4 is 29.6 Å². The minimum absolute atomic E-state index is 0. The molecule has 0 fully saturated rings. The molecule has 0 unspecified atom stereocenters. The molecule has 0 saturated heterocycles. The molecule has 0 aromatic rings. The van der Waals surface area contributed by atoms with Crippen LogP contribution in [0.15, 0.2) is 0 Å². The summed E-state index contributed by atoms with van der Waals surface area (Å²) in [5.74, 6) is -0.788. The van der Waals surface area contributed by atoms with E-state index >= 15 is 0 Å². The van der Waals surface area contributed by atoms with Gasteiger partial charge in [0.1, 0.15) is 0 Å². The number of nitrogens with zero attached hydrogens (tertiary/aromatic N) is 1. The molecule has 0 spiro atoms. The van der Waals surface area contributed by atoms with Crippen molar-refractivity contribution in [2.75, 3.05) is 13.6 Å². The van der Waals surface area contributed by atoms with E-state index in [0.717, 1.165) is 12.8 Å². The standard InChI is InChI=1S/C17H33NO3.Na.H/c1-3-4-5-6-7-8-9-10-11-12-13-16(19)18(2)15-14-17(20)21;;/h3-15H2,1-2H3,(H,20,21);;/q;+1;-1. The first kappa shape index (κ1) is 24.2. The van der Waals surface area contributed by atoms with Crippen LogP contribution in [0.4, 0.5) is 0 Å². The van der Waals surface area contributed by atoms with Gasteiger partial charge >= 0.3 is 35.5 Å². The molecule has 0 radical (unpaired) electrons. The molecule has 0 bridgehead atoms. The van der Waals surface area contributed by atoms with Gasteiger partial charge in [0.15, 0.2) is 0 Å². The second-order valence-electron chi connectivity index (χ2n) is 5.89. The van der Waals surface area contributed by atoms with Gasteiger partial charge in [-0.25, -0.2) is 0 Å². The molecule has 0 rings (SSSR count). The van der Waals surface area contributed by atoms with E-state index in [1.54, 1.807) is 7.05 Å². The summed E-state index contributed by atoms with van der Waals surface area (Å²) in [5, 5.41) is 8.57. The molecule has 4 nitrogen and oxygen atoms in total. The average molecular weight is 323 g/mol. The summed E-state index contributed by atoms with van der Waals surface area (Å²) in [5.41, 5.74) is 0. The first-order valence-corrected chi connectivity index (χ1v) is 8.53. The third kappa shape index (κ3) is 16.3. The third-order valence-corrected chi connectivity index (χ3v) is 3.83. The first-order valence-electron chi connectivity index (χ1n) is 8.53. The molecule has 1 N–H and O–H groups in total. The number of aliphatic carboxylic acids is 1. The molecule has 0 aliphatic heterocycles. The molecule has 0 heterocycles. The van der Waals surface area contributed by atoms with Gasteiger partial charge in [-0.3, -0.25) is 9.59 Å². The summed E-state index contributed by atoms with van der Waals surface area (Å²) < 4.78 is 0. The summed E-state index contributed by atoms with van der Waals surface area (Å²) in [6.07, 6.45) is 13.1. The predicted octanol–water partition coefficient (Wildman–Crippen LogP) is 1.35. The van der Waals surface area contributed by atoms with Crippen LogP contribution >= 0.6 is 0 Å². The van der Waals surface area contributed by atoms with E-state index in [1.165, 1.54) is 56.3 Å². The molecule has 5 heteroatoms. The van der Waals surface area contributed by atoms with E-state index in [2.05, 4.69) is 6.92 Å². The summed E-state index contributed by atoms with van der Waals surface area (Å²) in [6.45, 7) is 2.55. The maximum Gasteiger partial charge on any atom is 1.00 e. The maximum atomic E-state index is 11.7. The van der Waals surface area contributed by atoms with Crippen LogP contribution in [0, 0.1) is 0 Å². The van der Waals surface area contributed by atoms with E-state index in [1.807, 2.05) is 0 Å². The van der Waals surface area contributed by atoms with Crippen molar-refractivity contribution >= 4 is 11.9 Å². The second kappa shape index (κ2) is 17.3. The van der Waals surface area contributed by atoms with Gasteiger partial charge < -0.3 is 11.4 Å². The number of carbonyl (C=O) groups excluding carboxylic acids is 1. The Morgan fingerprint density at radius 2 is 1.32 bits per heavy atom. The maximum absolute atomic E-state index is 11.7. The van der Waals surface area contributed by atoms with Crippen LogP contribution in [0.2, 0.25) is 0 Å². The van der Waals surface area contributed by atoms with Crippen LogP contribution in [0.1, 0.15) is 85.4 Å². The molecule has 0 aliphatic rings. The quantitative estimate of drug-likeness (QED) is 0.388. The third-order valence-electron chi connectivity index (χ3n) is 3.83. The number of hydrogen-bond acceptors (Lipinski definition) is 2. The van der Waals surface area contributed by atoms with E-state index in [0.29, 0.717) is 13.0 Å². The number of carboxylic acid groups (broad SMARTS) is 1. The average Bonchev–Trinajstić information content (AvgIpc) is 2.46. The SMILES string of the molecule is CCCCCCCCCCCCC(=O)N(C)CCC(=O)O.[H-].[Na+]. The van der Waals surface area contributed by atoms with Crippen LogP contribution in [0.25, 0.3) is 0 Å². The van der Waals surface area contributed by atoms with Crippen molar-refractivity contribution in [3.05, 3.63) is 0 Å². The molecule has 126 valence electrons. The van der Waals surface area contributed by atoms with E-state index in [4.69, 9.17) is 5.11 Å². The van der Waals surface area contributed by atoms with Gasteiger partial charge in [-0.05, 0) is 6.42 Å². The van der Waals surface area contributed by atoms with Gasteiger partial charge in [0, 0.05) is 20.0 Å². The molecule has 0 aromatic carbocycles. The Labute approximate surface area is 159 Å². The van der Waals surface area contributed by atoms with Gasteiger partial charge in [-0.15, -0.1) is 0 Å². The van der Waals surface area contributed by atoms with Gasteiger partial charge in [0.2, 0.25) is 5.91 Å². The monoisotopic (exact) mass is 323 g/mol. The number of rotatable bonds is 14. The minimum atomic E-state index is -0.853. The van der Waals surface area contributed by atoms with Crippen LogP contribution in [-0.4, -0.2) is 35.5 Å². The van der Waals surface area contributed by atoms with E-state index < -0.39 is 5.97 Å². The van der Waals surface area contributed by atoms with Crippen LogP contribution in [0.3, 0.4) is 0 Å². The van der Waals surface area contributed by atoms with Crippen molar-refractivity contribution in [2.45, 2.75) is 84.0 Å². The Kier molecular flexibility index (Phi) is 19.0. The molecule has 1 amide bonds. The summed E-state index contributed by atoms with van der Waals surface area (Å²) in [7, 11) is 1.68. The normalized spacial score (nSPS) is 10.1. The number of hydrogen-bond donors (Lipinski definition) is 1. The molecule has 0 aromatic heterocycles. The van der Waals surface area contributed by atoms with Crippen molar-refractivity contribution in [2.24, 2.45) is 0 Å². The number of carboxylic acids is 1. The van der Waals surface area contributed by atoms with Gasteiger partial charge in [-0.2, -0.15) is 0 Å². The Morgan fingerprint density at radius 3 is 1.77 bits per heavy atom. The van der Waals surface area contributed by atoms with E-state index in [-0.39, 0.29) is 43.3 Å². The summed E-state index contributed by atoms with van der Waals surface area (Å²) in [6, 6.07) is 0.